The Balaban J connectivity index is 1.05. The monoisotopic (exact) mass is 499 g/mol. The largest absolute Gasteiger partial charge is 0.349 e. The number of fused-ring (bicyclic) bond motifs is 1. The summed E-state index contributed by atoms with van der Waals surface area (Å²) in [4.78, 5) is 35.1. The summed E-state index contributed by atoms with van der Waals surface area (Å²) in [5, 5.41) is 6.97. The van der Waals surface area contributed by atoms with Crippen molar-refractivity contribution < 1.29 is 9.59 Å². The van der Waals surface area contributed by atoms with Crippen LogP contribution in [0.3, 0.4) is 0 Å². The molecule has 2 amide bonds. The van der Waals surface area contributed by atoms with Crippen molar-refractivity contribution >= 4 is 40.3 Å². The van der Waals surface area contributed by atoms with Crippen LogP contribution in [0.4, 0.5) is 5.69 Å². The number of anilines is 1. The van der Waals surface area contributed by atoms with Crippen LogP contribution in [-0.4, -0.2) is 52.4 Å². The minimum atomic E-state index is -0.0493. The number of thioether (sulfide) groups is 1. The van der Waals surface area contributed by atoms with Gasteiger partial charge in [0.2, 0.25) is 5.91 Å². The molecule has 2 heterocycles. The van der Waals surface area contributed by atoms with Crippen molar-refractivity contribution in [2.24, 2.45) is 0 Å². The smallest absolute Gasteiger partial charge is 0.251 e. The van der Waals surface area contributed by atoms with E-state index in [0.29, 0.717) is 12.1 Å². The average Bonchev–Trinajstić information content (AvgIpc) is 3.32. The maximum atomic E-state index is 12.8. The highest BCUT2D eigenvalue weighted by molar-refractivity contribution is 7.98. The van der Waals surface area contributed by atoms with Crippen molar-refractivity contribution in [3.63, 3.8) is 0 Å². The topological polar surface area (TPSA) is 90.1 Å². The summed E-state index contributed by atoms with van der Waals surface area (Å²) in [7, 11) is 0. The molecule has 36 heavy (non-hydrogen) atoms. The zero-order chi connectivity index (χ0) is 24.7. The van der Waals surface area contributed by atoms with Gasteiger partial charge < -0.3 is 15.6 Å². The van der Waals surface area contributed by atoms with Crippen molar-refractivity contribution in [2.45, 2.75) is 29.8 Å². The summed E-state index contributed by atoms with van der Waals surface area (Å²) in [5.41, 5.74) is 4.61. The molecule has 0 aliphatic carbocycles. The number of likely N-dealkylation sites (tertiary alicyclic amines) is 1. The van der Waals surface area contributed by atoms with Gasteiger partial charge >= 0.3 is 0 Å². The van der Waals surface area contributed by atoms with Gasteiger partial charge in [0, 0.05) is 36.1 Å². The molecule has 7 nitrogen and oxygen atoms in total. The minimum absolute atomic E-state index is 0.0118. The summed E-state index contributed by atoms with van der Waals surface area (Å²) in [6, 6.07) is 25.4. The highest BCUT2D eigenvalue weighted by Crippen LogP contribution is 2.23. The van der Waals surface area contributed by atoms with E-state index >= 15 is 0 Å². The Labute approximate surface area is 214 Å². The number of para-hydroxylation sites is 3. The number of nitrogens with one attached hydrogen (secondary N) is 3. The number of imidazole rings is 1. The molecular formula is C28H29N5O2S. The lowest BCUT2D eigenvalue weighted by Crippen LogP contribution is -2.46. The Morgan fingerprint density at radius 3 is 2.42 bits per heavy atom. The van der Waals surface area contributed by atoms with Crippen LogP contribution in [0, 0.1) is 0 Å². The third-order valence-corrected chi connectivity index (χ3v) is 7.25. The first-order valence-corrected chi connectivity index (χ1v) is 13.2. The van der Waals surface area contributed by atoms with Gasteiger partial charge in [0.1, 0.15) is 0 Å². The van der Waals surface area contributed by atoms with Gasteiger partial charge in [-0.05, 0) is 54.8 Å². The molecule has 0 atom stereocenters. The second kappa shape index (κ2) is 11.4. The molecule has 1 aliphatic rings. The molecule has 5 rings (SSSR count). The molecule has 3 N–H and O–H groups in total. The Morgan fingerprint density at radius 1 is 0.944 bits per heavy atom. The summed E-state index contributed by atoms with van der Waals surface area (Å²) in [6.07, 6.45) is 1.66. The summed E-state index contributed by atoms with van der Waals surface area (Å²) >= 11 is 1.65. The minimum Gasteiger partial charge on any atom is -0.349 e. The molecule has 1 saturated heterocycles. The lowest BCUT2D eigenvalue weighted by atomic mass is 10.0. The van der Waals surface area contributed by atoms with Crippen LogP contribution in [0.25, 0.3) is 11.0 Å². The molecular weight excluding hydrogens is 470 g/mol. The highest BCUT2D eigenvalue weighted by Gasteiger charge is 2.22. The standard InChI is InChI=1S/C28H29N5O2S/c34-26(29-22-6-2-1-3-7-22)18-33-16-14-23(15-17-33)30-27(35)21-12-10-20(11-13-21)19-36-28-31-24-8-4-5-9-25(24)32-28/h1-13,23H,14-19H2,(H,29,34)(H,30,35)(H,31,32). The first kappa shape index (κ1) is 24.1. The fourth-order valence-corrected chi connectivity index (χ4v) is 5.17. The van der Waals surface area contributed by atoms with Gasteiger partial charge in [0.05, 0.1) is 17.6 Å². The molecule has 184 valence electrons. The molecule has 0 radical (unpaired) electrons. The van der Waals surface area contributed by atoms with Crippen LogP contribution in [0.5, 0.6) is 0 Å². The van der Waals surface area contributed by atoms with Crippen LogP contribution in [0.1, 0.15) is 28.8 Å². The van der Waals surface area contributed by atoms with Crippen molar-refractivity contribution in [3.05, 3.63) is 90.0 Å². The molecule has 3 aromatic carbocycles. The molecule has 0 bridgehead atoms. The van der Waals surface area contributed by atoms with E-state index in [1.54, 1.807) is 11.8 Å². The second-order valence-electron chi connectivity index (χ2n) is 8.98. The molecule has 1 aliphatic heterocycles. The van der Waals surface area contributed by atoms with E-state index in [1.807, 2.05) is 78.9 Å². The summed E-state index contributed by atoms with van der Waals surface area (Å²) in [6.45, 7) is 1.93. The zero-order valence-electron chi connectivity index (χ0n) is 19.9. The highest BCUT2D eigenvalue weighted by atomic mass is 32.2. The number of hydrogen-bond acceptors (Lipinski definition) is 5. The van der Waals surface area contributed by atoms with Gasteiger partial charge in [-0.25, -0.2) is 4.98 Å². The van der Waals surface area contributed by atoms with Crippen molar-refractivity contribution in [1.29, 1.82) is 0 Å². The average molecular weight is 500 g/mol. The third kappa shape index (κ3) is 6.33. The van der Waals surface area contributed by atoms with E-state index in [2.05, 4.69) is 25.5 Å². The predicted molar refractivity (Wildman–Crippen MR) is 144 cm³/mol. The fraction of sp³-hybridized carbons (Fsp3) is 0.250. The maximum absolute atomic E-state index is 12.8. The van der Waals surface area contributed by atoms with Crippen molar-refractivity contribution in [2.75, 3.05) is 25.0 Å². The van der Waals surface area contributed by atoms with Gasteiger partial charge in [-0.2, -0.15) is 0 Å². The normalized spacial score (nSPS) is 14.6. The number of carbonyl (C=O) groups is 2. The summed E-state index contributed by atoms with van der Waals surface area (Å²) < 4.78 is 0. The number of nitrogens with zero attached hydrogens (tertiary/aromatic N) is 2. The predicted octanol–water partition coefficient (Wildman–Crippen LogP) is 4.69. The first-order valence-electron chi connectivity index (χ1n) is 12.2. The third-order valence-electron chi connectivity index (χ3n) is 6.31. The van der Waals surface area contributed by atoms with Gasteiger partial charge in [-0.3, -0.25) is 14.5 Å². The van der Waals surface area contributed by atoms with Crippen molar-refractivity contribution in [1.82, 2.24) is 20.2 Å². The number of benzene rings is 3. The number of amides is 2. The molecule has 4 aromatic rings. The first-order chi connectivity index (χ1) is 17.6. The van der Waals surface area contributed by atoms with E-state index in [1.165, 1.54) is 0 Å². The molecule has 0 saturated carbocycles. The van der Waals surface area contributed by atoms with Gasteiger partial charge in [0.25, 0.3) is 5.91 Å². The van der Waals surface area contributed by atoms with Crippen molar-refractivity contribution in [3.8, 4) is 0 Å². The number of carbonyl (C=O) groups excluding carboxylic acids is 2. The van der Waals surface area contributed by atoms with Crippen LogP contribution in [0.15, 0.2) is 84.0 Å². The van der Waals surface area contributed by atoms with E-state index in [9.17, 15) is 9.59 Å². The lowest BCUT2D eigenvalue weighted by Gasteiger charge is -2.31. The van der Waals surface area contributed by atoms with Crippen LogP contribution < -0.4 is 10.6 Å². The SMILES string of the molecule is O=C(CN1CCC(NC(=O)c2ccc(CSc3nc4ccccc4[nH]3)cc2)CC1)Nc1ccccc1. The maximum Gasteiger partial charge on any atom is 0.251 e. The number of rotatable bonds is 8. The summed E-state index contributed by atoms with van der Waals surface area (Å²) in [5.74, 6) is 0.715. The Morgan fingerprint density at radius 2 is 1.67 bits per heavy atom. The molecule has 0 unspecified atom stereocenters. The molecule has 1 fully saturated rings. The van der Waals surface area contributed by atoms with E-state index in [-0.39, 0.29) is 17.9 Å². The Bertz CT molecular complexity index is 1280. The Kier molecular flexibility index (Phi) is 7.64. The van der Waals surface area contributed by atoms with Gasteiger partial charge in [0.15, 0.2) is 5.16 Å². The lowest BCUT2D eigenvalue weighted by molar-refractivity contribution is -0.117. The zero-order valence-corrected chi connectivity index (χ0v) is 20.8. The number of aromatic nitrogens is 2. The molecule has 0 spiro atoms. The van der Waals surface area contributed by atoms with E-state index < -0.39 is 0 Å². The number of piperidine rings is 1. The van der Waals surface area contributed by atoms with Gasteiger partial charge in [-0.1, -0.05) is 54.2 Å². The number of H-pyrrole nitrogens is 1. The van der Waals surface area contributed by atoms with Crippen LogP contribution in [0.2, 0.25) is 0 Å². The van der Waals surface area contributed by atoms with Crippen LogP contribution >= 0.6 is 11.8 Å². The molecule has 1 aromatic heterocycles. The Hall–Kier alpha value is -3.62. The fourth-order valence-electron chi connectivity index (χ4n) is 4.33. The number of hydrogen-bond donors (Lipinski definition) is 3. The molecule has 8 heteroatoms. The van der Waals surface area contributed by atoms with Gasteiger partial charge in [-0.15, -0.1) is 0 Å². The van der Waals surface area contributed by atoms with E-state index in [4.69, 9.17) is 0 Å². The second-order valence-corrected chi connectivity index (χ2v) is 9.95. The number of aromatic amines is 1. The van der Waals surface area contributed by atoms with Crippen LogP contribution in [-0.2, 0) is 10.5 Å². The quantitative estimate of drug-likeness (QED) is 0.306. The van der Waals surface area contributed by atoms with E-state index in [0.717, 1.165) is 59.1 Å².